The van der Waals surface area contributed by atoms with Crippen LogP contribution >= 0.6 is 12.2 Å². The number of thiocarbonyl (C=S) groups is 1. The topological polar surface area (TPSA) is 63.6 Å². The molecule has 5 nitrogen and oxygen atoms in total. The van der Waals surface area contributed by atoms with Gasteiger partial charge < -0.3 is 10.6 Å². The summed E-state index contributed by atoms with van der Waals surface area (Å²) in [6, 6.07) is 5.28. The summed E-state index contributed by atoms with van der Waals surface area (Å²) in [7, 11) is 1.68. The number of carbonyl (C=O) groups is 1. The molecule has 2 N–H and O–H groups in total. The van der Waals surface area contributed by atoms with Crippen LogP contribution in [-0.4, -0.2) is 38.5 Å². The minimum Gasteiger partial charge on any atom is -0.392 e. The number of fused-ring (bicyclic) bond motifs is 1. The lowest BCUT2D eigenvalue weighted by atomic mass is 10.2. The largest absolute Gasteiger partial charge is 0.392 e. The molecule has 0 radical (unpaired) electrons. The van der Waals surface area contributed by atoms with E-state index >= 15 is 0 Å². The molecule has 0 aliphatic rings. The smallest absolute Gasteiger partial charge is 0.258 e. The van der Waals surface area contributed by atoms with Crippen LogP contribution in [0.25, 0.3) is 5.52 Å². The highest BCUT2D eigenvalue weighted by Gasteiger charge is 2.22. The SMILES string of the molecule is CC(C(N)=S)N(C)C(=O)c1cnn2ccccc12. The van der Waals surface area contributed by atoms with E-state index in [0.717, 1.165) is 5.52 Å². The number of carbonyl (C=O) groups excluding carboxylic acids is 1. The van der Waals surface area contributed by atoms with Crippen LogP contribution < -0.4 is 5.73 Å². The van der Waals surface area contributed by atoms with Gasteiger partial charge in [-0.2, -0.15) is 5.10 Å². The molecule has 0 aliphatic heterocycles. The molecule has 0 aliphatic carbocycles. The molecule has 94 valence electrons. The van der Waals surface area contributed by atoms with Crippen molar-refractivity contribution in [2.75, 3.05) is 7.05 Å². The van der Waals surface area contributed by atoms with E-state index in [1.165, 1.54) is 4.90 Å². The predicted molar refractivity (Wildman–Crippen MR) is 73.5 cm³/mol. The molecule has 2 aromatic heterocycles. The van der Waals surface area contributed by atoms with Gasteiger partial charge in [0.2, 0.25) is 0 Å². The Morgan fingerprint density at radius 2 is 2.28 bits per heavy atom. The maximum absolute atomic E-state index is 12.3. The molecular formula is C12H14N4OS. The summed E-state index contributed by atoms with van der Waals surface area (Å²) in [5.74, 6) is -0.142. The molecular weight excluding hydrogens is 248 g/mol. The van der Waals surface area contributed by atoms with Gasteiger partial charge in [-0.3, -0.25) is 4.79 Å². The van der Waals surface area contributed by atoms with Crippen molar-refractivity contribution < 1.29 is 4.79 Å². The number of rotatable bonds is 3. The third kappa shape index (κ3) is 2.06. The maximum atomic E-state index is 12.3. The first-order valence-electron chi connectivity index (χ1n) is 5.51. The van der Waals surface area contributed by atoms with Gasteiger partial charge in [0.1, 0.15) is 0 Å². The Labute approximate surface area is 110 Å². The van der Waals surface area contributed by atoms with Gasteiger partial charge in [-0.15, -0.1) is 0 Å². The number of nitrogens with two attached hydrogens (primary N) is 1. The van der Waals surface area contributed by atoms with E-state index in [4.69, 9.17) is 18.0 Å². The number of hydrogen-bond acceptors (Lipinski definition) is 3. The van der Waals surface area contributed by atoms with Crippen LogP contribution in [0.2, 0.25) is 0 Å². The summed E-state index contributed by atoms with van der Waals surface area (Å²) >= 11 is 4.90. The zero-order valence-corrected chi connectivity index (χ0v) is 11.0. The first kappa shape index (κ1) is 12.5. The molecule has 0 saturated heterocycles. The number of amides is 1. The highest BCUT2D eigenvalue weighted by Crippen LogP contribution is 2.13. The molecule has 6 heteroatoms. The number of hydrogen-bond donors (Lipinski definition) is 1. The maximum Gasteiger partial charge on any atom is 0.258 e. The molecule has 0 saturated carbocycles. The average Bonchev–Trinajstić information content (AvgIpc) is 2.79. The van der Waals surface area contributed by atoms with Crippen LogP contribution in [0, 0.1) is 0 Å². The van der Waals surface area contributed by atoms with Crippen molar-refractivity contribution in [3.8, 4) is 0 Å². The Morgan fingerprint density at radius 3 is 2.94 bits per heavy atom. The molecule has 2 heterocycles. The van der Waals surface area contributed by atoms with Gasteiger partial charge in [-0.1, -0.05) is 18.3 Å². The first-order valence-corrected chi connectivity index (χ1v) is 5.92. The number of aromatic nitrogens is 2. The zero-order valence-electron chi connectivity index (χ0n) is 10.2. The second-order valence-corrected chi connectivity index (χ2v) is 4.55. The average molecular weight is 262 g/mol. The van der Waals surface area contributed by atoms with Crippen molar-refractivity contribution in [2.24, 2.45) is 5.73 Å². The lowest BCUT2D eigenvalue weighted by molar-refractivity contribution is 0.0781. The highest BCUT2D eigenvalue weighted by atomic mass is 32.1. The Balaban J connectivity index is 2.37. The first-order chi connectivity index (χ1) is 8.52. The third-order valence-corrected chi connectivity index (χ3v) is 3.31. The van der Waals surface area contributed by atoms with Crippen LogP contribution in [0.4, 0.5) is 0 Å². The van der Waals surface area contributed by atoms with Gasteiger partial charge in [0.15, 0.2) is 0 Å². The Bertz CT molecular complexity index is 607. The van der Waals surface area contributed by atoms with Crippen LogP contribution in [0.1, 0.15) is 17.3 Å². The van der Waals surface area contributed by atoms with Crippen LogP contribution in [0.5, 0.6) is 0 Å². The van der Waals surface area contributed by atoms with Crippen molar-refractivity contribution in [1.82, 2.24) is 14.5 Å². The van der Waals surface area contributed by atoms with Gasteiger partial charge >= 0.3 is 0 Å². The number of likely N-dealkylation sites (N-methyl/N-ethyl adjacent to an activating group) is 1. The lowest BCUT2D eigenvalue weighted by Crippen LogP contribution is -2.42. The van der Waals surface area contributed by atoms with E-state index in [-0.39, 0.29) is 11.9 Å². The van der Waals surface area contributed by atoms with E-state index < -0.39 is 0 Å². The molecule has 0 spiro atoms. The minimum absolute atomic E-state index is 0.142. The molecule has 0 aromatic carbocycles. The number of nitrogens with zero attached hydrogens (tertiary/aromatic N) is 3. The van der Waals surface area contributed by atoms with Crippen molar-refractivity contribution >= 4 is 28.6 Å². The quantitative estimate of drug-likeness (QED) is 0.841. The van der Waals surface area contributed by atoms with Crippen molar-refractivity contribution in [2.45, 2.75) is 13.0 Å². The second-order valence-electron chi connectivity index (χ2n) is 4.08. The molecule has 1 atom stereocenters. The summed E-state index contributed by atoms with van der Waals surface area (Å²) in [6.07, 6.45) is 3.35. The fourth-order valence-corrected chi connectivity index (χ4v) is 1.81. The Kier molecular flexibility index (Phi) is 3.29. The summed E-state index contributed by atoms with van der Waals surface area (Å²) in [5, 5.41) is 4.13. The minimum atomic E-state index is -0.286. The molecule has 2 aromatic rings. The fourth-order valence-electron chi connectivity index (χ4n) is 1.66. The van der Waals surface area contributed by atoms with Crippen LogP contribution in [0.15, 0.2) is 30.6 Å². The third-order valence-electron chi connectivity index (χ3n) is 2.97. The highest BCUT2D eigenvalue weighted by molar-refractivity contribution is 7.80. The van der Waals surface area contributed by atoms with E-state index in [1.807, 2.05) is 18.2 Å². The van der Waals surface area contributed by atoms with Gasteiger partial charge in [-0.05, 0) is 19.1 Å². The summed E-state index contributed by atoms with van der Waals surface area (Å²) in [5.41, 5.74) is 6.87. The van der Waals surface area contributed by atoms with Gasteiger partial charge in [-0.25, -0.2) is 4.52 Å². The van der Waals surface area contributed by atoms with Crippen molar-refractivity contribution in [1.29, 1.82) is 0 Å². The molecule has 1 amide bonds. The van der Waals surface area contributed by atoms with Gasteiger partial charge in [0.25, 0.3) is 5.91 Å². The van der Waals surface area contributed by atoms with E-state index in [9.17, 15) is 4.79 Å². The summed E-state index contributed by atoms with van der Waals surface area (Å²) in [6.45, 7) is 1.80. The fraction of sp³-hybridized carbons (Fsp3) is 0.250. The second kappa shape index (κ2) is 4.73. The molecule has 2 rings (SSSR count). The van der Waals surface area contributed by atoms with Crippen molar-refractivity contribution in [3.05, 3.63) is 36.2 Å². The van der Waals surface area contributed by atoms with Gasteiger partial charge in [0.05, 0.1) is 28.3 Å². The van der Waals surface area contributed by atoms with E-state index in [0.29, 0.717) is 10.6 Å². The normalized spacial score (nSPS) is 12.3. The van der Waals surface area contributed by atoms with Gasteiger partial charge in [0, 0.05) is 13.2 Å². The summed E-state index contributed by atoms with van der Waals surface area (Å²) in [4.78, 5) is 14.1. The molecule has 18 heavy (non-hydrogen) atoms. The van der Waals surface area contributed by atoms with Crippen molar-refractivity contribution in [3.63, 3.8) is 0 Å². The van der Waals surface area contributed by atoms with E-state index in [2.05, 4.69) is 5.10 Å². The summed E-state index contributed by atoms with van der Waals surface area (Å²) < 4.78 is 1.66. The Hall–Kier alpha value is -1.95. The lowest BCUT2D eigenvalue weighted by Gasteiger charge is -2.23. The Morgan fingerprint density at radius 1 is 1.56 bits per heavy atom. The molecule has 0 bridgehead atoms. The molecule has 0 fully saturated rings. The van der Waals surface area contributed by atoms with Crippen LogP contribution in [-0.2, 0) is 0 Å². The predicted octanol–water partition coefficient (Wildman–Crippen LogP) is 1.08. The monoisotopic (exact) mass is 262 g/mol. The van der Waals surface area contributed by atoms with E-state index in [1.54, 1.807) is 30.9 Å². The zero-order chi connectivity index (χ0) is 13.3. The molecule has 1 unspecified atom stereocenters. The number of pyridine rings is 1. The van der Waals surface area contributed by atoms with Crippen LogP contribution in [0.3, 0.4) is 0 Å². The standard InChI is InChI=1S/C12H14N4OS/c1-8(11(13)18)15(2)12(17)9-7-14-16-6-4-3-5-10(9)16/h3-8H,1-2H3,(H2,13,18).